The summed E-state index contributed by atoms with van der Waals surface area (Å²) in [6, 6.07) is 15.7. The highest BCUT2D eigenvalue weighted by Crippen LogP contribution is 2.31. The number of pyridine rings is 1. The van der Waals surface area contributed by atoms with Crippen molar-refractivity contribution in [3.63, 3.8) is 0 Å². The van der Waals surface area contributed by atoms with Crippen LogP contribution in [-0.2, 0) is 4.74 Å². The average Bonchev–Trinajstić information content (AvgIpc) is 3.13. The molecule has 1 aromatic carbocycles. The second-order valence-electron chi connectivity index (χ2n) is 6.13. The Labute approximate surface area is 161 Å². The Morgan fingerprint density at radius 2 is 1.85 bits per heavy atom. The van der Waals surface area contributed by atoms with Gasteiger partial charge in [-0.2, -0.15) is 5.26 Å². The van der Waals surface area contributed by atoms with E-state index in [1.807, 2.05) is 16.7 Å². The number of hydrogen-bond donors (Lipinski definition) is 0. The van der Waals surface area contributed by atoms with Crippen LogP contribution in [0.4, 0.5) is 5.95 Å². The van der Waals surface area contributed by atoms with Crippen LogP contribution in [0.3, 0.4) is 0 Å². The molecule has 1 aliphatic heterocycles. The molecule has 8 heteroatoms. The second-order valence-corrected chi connectivity index (χ2v) is 7.12. The van der Waals surface area contributed by atoms with E-state index in [-0.39, 0.29) is 0 Å². The van der Waals surface area contributed by atoms with Gasteiger partial charge >= 0.3 is 0 Å². The van der Waals surface area contributed by atoms with E-state index in [0.29, 0.717) is 29.1 Å². The van der Waals surface area contributed by atoms with Crippen molar-refractivity contribution in [2.24, 2.45) is 0 Å². The lowest BCUT2D eigenvalue weighted by molar-refractivity contribution is 0.122. The molecule has 0 unspecified atom stereocenters. The zero-order valence-electron chi connectivity index (χ0n) is 14.9. The van der Waals surface area contributed by atoms with E-state index in [1.54, 1.807) is 6.07 Å². The summed E-state index contributed by atoms with van der Waals surface area (Å²) in [5, 5.41) is 19.4. The normalized spacial score (nSPS) is 14.1. The van der Waals surface area contributed by atoms with Crippen LogP contribution in [-0.4, -0.2) is 46.1 Å². The number of ether oxygens (including phenoxy) is 1. The molecule has 0 saturated carbocycles. The fourth-order valence-electron chi connectivity index (χ4n) is 2.84. The maximum atomic E-state index is 9.09. The highest BCUT2D eigenvalue weighted by atomic mass is 32.2. The zero-order chi connectivity index (χ0) is 18.6. The molecule has 7 nitrogen and oxygen atoms in total. The first kappa shape index (κ1) is 17.5. The van der Waals surface area contributed by atoms with E-state index in [0.717, 1.165) is 24.7 Å². The number of aryl methyl sites for hydroxylation is 1. The molecule has 0 spiro atoms. The highest BCUT2D eigenvalue weighted by Gasteiger charge is 2.22. The predicted molar refractivity (Wildman–Crippen MR) is 102 cm³/mol. The second kappa shape index (κ2) is 7.78. The Morgan fingerprint density at radius 3 is 2.59 bits per heavy atom. The van der Waals surface area contributed by atoms with E-state index >= 15 is 0 Å². The van der Waals surface area contributed by atoms with Gasteiger partial charge in [0.2, 0.25) is 11.1 Å². The van der Waals surface area contributed by atoms with Crippen LogP contribution >= 0.6 is 11.8 Å². The lowest BCUT2D eigenvalue weighted by Crippen LogP contribution is -2.37. The number of hydrogen-bond acceptors (Lipinski definition) is 7. The minimum atomic E-state index is 0.384. The first-order valence-electron chi connectivity index (χ1n) is 8.65. The molecule has 2 aromatic heterocycles. The van der Waals surface area contributed by atoms with Crippen molar-refractivity contribution in [2.45, 2.75) is 17.1 Å². The summed E-state index contributed by atoms with van der Waals surface area (Å²) >= 11 is 1.40. The van der Waals surface area contributed by atoms with Crippen molar-refractivity contribution in [1.82, 2.24) is 19.7 Å². The molecule has 3 aromatic rings. The predicted octanol–water partition coefficient (Wildman–Crippen LogP) is 2.83. The third-order valence-electron chi connectivity index (χ3n) is 4.24. The Hall–Kier alpha value is -2.89. The summed E-state index contributed by atoms with van der Waals surface area (Å²) in [7, 11) is 0. The molecule has 4 rings (SSSR count). The van der Waals surface area contributed by atoms with Crippen LogP contribution in [0.5, 0.6) is 0 Å². The van der Waals surface area contributed by atoms with Gasteiger partial charge in [0.25, 0.3) is 0 Å². The van der Waals surface area contributed by atoms with Crippen LogP contribution in [0.1, 0.15) is 11.3 Å². The number of rotatable bonds is 4. The molecule has 3 heterocycles. The van der Waals surface area contributed by atoms with Gasteiger partial charge < -0.3 is 9.64 Å². The van der Waals surface area contributed by atoms with Gasteiger partial charge in [0, 0.05) is 13.1 Å². The van der Waals surface area contributed by atoms with Crippen molar-refractivity contribution >= 4 is 17.7 Å². The minimum Gasteiger partial charge on any atom is -0.378 e. The number of nitrogens with zero attached hydrogens (tertiary/aromatic N) is 6. The summed E-state index contributed by atoms with van der Waals surface area (Å²) in [5.41, 5.74) is 2.57. The van der Waals surface area contributed by atoms with Crippen LogP contribution in [0, 0.1) is 18.3 Å². The zero-order valence-corrected chi connectivity index (χ0v) is 15.7. The largest absolute Gasteiger partial charge is 0.378 e. The van der Waals surface area contributed by atoms with Crippen molar-refractivity contribution in [2.75, 3.05) is 31.2 Å². The van der Waals surface area contributed by atoms with Gasteiger partial charge in [0.15, 0.2) is 0 Å². The minimum absolute atomic E-state index is 0.384. The number of anilines is 1. The Kier molecular flexibility index (Phi) is 5.05. The summed E-state index contributed by atoms with van der Waals surface area (Å²) in [5.74, 6) is 0.793. The molecule has 0 atom stereocenters. The van der Waals surface area contributed by atoms with Gasteiger partial charge in [-0.25, -0.2) is 4.98 Å². The Balaban J connectivity index is 1.75. The molecule has 0 aliphatic carbocycles. The van der Waals surface area contributed by atoms with Gasteiger partial charge in [-0.05, 0) is 43.0 Å². The molecule has 0 bridgehead atoms. The number of aromatic nitrogens is 4. The van der Waals surface area contributed by atoms with Gasteiger partial charge in [0.1, 0.15) is 16.8 Å². The first-order chi connectivity index (χ1) is 13.2. The van der Waals surface area contributed by atoms with Crippen molar-refractivity contribution in [1.29, 1.82) is 5.26 Å². The fraction of sp³-hybridized carbons (Fsp3) is 0.263. The summed E-state index contributed by atoms with van der Waals surface area (Å²) in [6.45, 7) is 4.96. The fourth-order valence-corrected chi connectivity index (χ4v) is 3.68. The van der Waals surface area contributed by atoms with Crippen molar-refractivity contribution in [3.05, 3.63) is 53.7 Å². The SMILES string of the molecule is Cc1ccc(-n2c(Sc3cccc(C#N)n3)nnc2N2CCOCC2)cc1. The number of benzene rings is 1. The molecule has 0 amide bonds. The molecule has 1 saturated heterocycles. The molecular formula is C19H18N6OS. The quantitative estimate of drug-likeness (QED) is 0.690. The summed E-state index contributed by atoms with van der Waals surface area (Å²) < 4.78 is 7.50. The van der Waals surface area contributed by atoms with E-state index in [9.17, 15) is 0 Å². The number of morpholine rings is 1. The molecule has 27 heavy (non-hydrogen) atoms. The van der Waals surface area contributed by atoms with Gasteiger partial charge in [-0.15, -0.1) is 10.2 Å². The maximum absolute atomic E-state index is 9.09. The van der Waals surface area contributed by atoms with Gasteiger partial charge in [0.05, 0.1) is 18.9 Å². The highest BCUT2D eigenvalue weighted by molar-refractivity contribution is 7.99. The molecule has 136 valence electrons. The van der Waals surface area contributed by atoms with E-state index < -0.39 is 0 Å². The van der Waals surface area contributed by atoms with Crippen LogP contribution < -0.4 is 4.90 Å². The summed E-state index contributed by atoms with van der Waals surface area (Å²) in [6.07, 6.45) is 0. The van der Waals surface area contributed by atoms with Crippen LogP contribution in [0.15, 0.2) is 52.6 Å². The van der Waals surface area contributed by atoms with Crippen molar-refractivity contribution in [3.8, 4) is 11.8 Å². The molecular weight excluding hydrogens is 360 g/mol. The maximum Gasteiger partial charge on any atom is 0.232 e. The summed E-state index contributed by atoms with van der Waals surface area (Å²) in [4.78, 5) is 6.52. The van der Waals surface area contributed by atoms with Crippen LogP contribution in [0.25, 0.3) is 5.69 Å². The Morgan fingerprint density at radius 1 is 1.07 bits per heavy atom. The average molecular weight is 378 g/mol. The van der Waals surface area contributed by atoms with Gasteiger partial charge in [-0.1, -0.05) is 23.8 Å². The molecule has 1 fully saturated rings. The number of nitriles is 1. The van der Waals surface area contributed by atoms with Crippen molar-refractivity contribution < 1.29 is 4.74 Å². The van der Waals surface area contributed by atoms with E-state index in [4.69, 9.17) is 10.00 Å². The molecule has 1 aliphatic rings. The monoisotopic (exact) mass is 378 g/mol. The van der Waals surface area contributed by atoms with E-state index in [2.05, 4.69) is 57.3 Å². The smallest absolute Gasteiger partial charge is 0.232 e. The lowest BCUT2D eigenvalue weighted by atomic mass is 10.2. The first-order valence-corrected chi connectivity index (χ1v) is 9.46. The molecule has 0 N–H and O–H groups in total. The third kappa shape index (κ3) is 3.79. The molecule has 0 radical (unpaired) electrons. The topological polar surface area (TPSA) is 79.9 Å². The lowest BCUT2D eigenvalue weighted by Gasteiger charge is -2.27. The standard InChI is InChI=1S/C19H18N6OS/c1-14-5-7-16(8-6-14)25-18(24-9-11-26-12-10-24)22-23-19(25)27-17-4-2-3-15(13-20)21-17/h2-8H,9-12H2,1H3. The van der Waals surface area contributed by atoms with Gasteiger partial charge in [-0.3, -0.25) is 4.57 Å². The Bertz CT molecular complexity index is 973. The van der Waals surface area contributed by atoms with E-state index in [1.165, 1.54) is 17.3 Å². The van der Waals surface area contributed by atoms with Crippen LogP contribution in [0.2, 0.25) is 0 Å². The third-order valence-corrected chi connectivity index (χ3v) is 5.12.